The highest BCUT2D eigenvalue weighted by atomic mass is 32.1. The van der Waals surface area contributed by atoms with Gasteiger partial charge in [-0.05, 0) is 68.8 Å². The fourth-order valence-corrected chi connectivity index (χ4v) is 10.1. The summed E-state index contributed by atoms with van der Waals surface area (Å²) in [6.07, 6.45) is 0. The average Bonchev–Trinajstić information content (AvgIpc) is 3.81. The molecule has 0 aliphatic heterocycles. The lowest BCUT2D eigenvalue weighted by Crippen LogP contribution is -2.28. The van der Waals surface area contributed by atoms with E-state index >= 15 is 0 Å². The fraction of sp³-hybridized carbons (Fsp3) is 0.0189. The highest BCUT2D eigenvalue weighted by Crippen LogP contribution is 2.56. The number of fused-ring (bicyclic) bond motifs is 6. The lowest BCUT2D eigenvalue weighted by molar-refractivity contribution is 0.768. The van der Waals surface area contributed by atoms with Crippen molar-refractivity contribution in [1.29, 1.82) is 0 Å². The molecule has 2 aromatic heterocycles. The van der Waals surface area contributed by atoms with E-state index in [4.69, 9.17) is 9.97 Å². The Bertz CT molecular complexity index is 3040. The Balaban J connectivity index is 1.09. The summed E-state index contributed by atoms with van der Waals surface area (Å²) in [6.45, 7) is 0. The Morgan fingerprint density at radius 1 is 0.357 bits per heavy atom. The molecule has 0 amide bonds. The van der Waals surface area contributed by atoms with Gasteiger partial charge in [-0.3, -0.25) is 0 Å². The first-order valence-corrected chi connectivity index (χ1v) is 19.9. The van der Waals surface area contributed by atoms with Gasteiger partial charge < -0.3 is 0 Å². The maximum absolute atomic E-state index is 5.27. The van der Waals surface area contributed by atoms with E-state index in [1.165, 1.54) is 64.7 Å². The second kappa shape index (κ2) is 13.1. The molecule has 0 N–H and O–H groups in total. The molecule has 0 radical (unpaired) electrons. The Morgan fingerprint density at radius 2 is 0.911 bits per heavy atom. The Hall–Kier alpha value is -6.94. The third-order valence-electron chi connectivity index (χ3n) is 11.4. The average molecular weight is 731 g/mol. The van der Waals surface area contributed by atoms with E-state index in [0.29, 0.717) is 5.82 Å². The zero-order valence-corrected chi connectivity index (χ0v) is 31.2. The van der Waals surface area contributed by atoms with E-state index in [0.717, 1.165) is 28.1 Å². The number of hydrogen-bond donors (Lipinski definition) is 0. The van der Waals surface area contributed by atoms with E-state index in [1.807, 2.05) is 17.4 Å². The molecule has 0 fully saturated rings. The zero-order chi connectivity index (χ0) is 37.1. The predicted molar refractivity (Wildman–Crippen MR) is 234 cm³/mol. The van der Waals surface area contributed by atoms with Crippen LogP contribution in [0.4, 0.5) is 0 Å². The number of nitrogens with zero attached hydrogens (tertiary/aromatic N) is 2. The molecule has 56 heavy (non-hydrogen) atoms. The predicted octanol–water partition coefficient (Wildman–Crippen LogP) is 13.9. The van der Waals surface area contributed by atoms with Crippen molar-refractivity contribution in [3.05, 3.63) is 229 Å². The zero-order valence-electron chi connectivity index (χ0n) is 30.4. The number of hydrogen-bond acceptors (Lipinski definition) is 3. The van der Waals surface area contributed by atoms with Gasteiger partial charge in [-0.1, -0.05) is 182 Å². The quantitative estimate of drug-likeness (QED) is 0.170. The molecule has 1 aliphatic rings. The largest absolute Gasteiger partial charge is 0.228 e. The van der Waals surface area contributed by atoms with Gasteiger partial charge in [0.2, 0.25) is 0 Å². The van der Waals surface area contributed by atoms with Crippen molar-refractivity contribution < 1.29 is 0 Å². The lowest BCUT2D eigenvalue weighted by atomic mass is 9.67. The van der Waals surface area contributed by atoms with Gasteiger partial charge in [0.05, 0.1) is 16.8 Å². The number of thiophene rings is 1. The molecule has 0 spiro atoms. The monoisotopic (exact) mass is 730 g/mol. The molecule has 0 unspecified atom stereocenters. The van der Waals surface area contributed by atoms with Crippen LogP contribution in [-0.2, 0) is 5.41 Å². The third-order valence-corrected chi connectivity index (χ3v) is 12.6. The Labute approximate surface area is 330 Å². The Kier molecular flexibility index (Phi) is 7.61. The van der Waals surface area contributed by atoms with E-state index in [-0.39, 0.29) is 0 Å². The second-order valence-corrected chi connectivity index (χ2v) is 15.5. The van der Waals surface area contributed by atoms with Crippen LogP contribution in [0.2, 0.25) is 0 Å². The van der Waals surface area contributed by atoms with Gasteiger partial charge in [0.15, 0.2) is 5.82 Å². The minimum Gasteiger partial charge on any atom is -0.228 e. The topological polar surface area (TPSA) is 25.8 Å². The molecular weight excluding hydrogens is 697 g/mol. The fourth-order valence-electron chi connectivity index (χ4n) is 8.89. The van der Waals surface area contributed by atoms with Gasteiger partial charge in [0.25, 0.3) is 0 Å². The van der Waals surface area contributed by atoms with Gasteiger partial charge >= 0.3 is 0 Å². The van der Waals surface area contributed by atoms with Crippen molar-refractivity contribution in [3.8, 4) is 56.2 Å². The summed E-state index contributed by atoms with van der Waals surface area (Å²) in [5.74, 6) is 0.707. The summed E-state index contributed by atoms with van der Waals surface area (Å²) in [6, 6.07) is 74.4. The molecule has 0 saturated heterocycles. The summed E-state index contributed by atoms with van der Waals surface area (Å²) >= 11 is 1.86. The smallest absolute Gasteiger partial charge is 0.160 e. The van der Waals surface area contributed by atoms with E-state index < -0.39 is 5.41 Å². The highest BCUT2D eigenvalue weighted by molar-refractivity contribution is 7.26. The highest BCUT2D eigenvalue weighted by Gasteiger charge is 2.46. The molecule has 0 atom stereocenters. The van der Waals surface area contributed by atoms with Gasteiger partial charge in [0, 0.05) is 36.9 Å². The minimum absolute atomic E-state index is 0.448. The number of aromatic nitrogens is 2. The molecule has 2 heterocycles. The van der Waals surface area contributed by atoms with Crippen LogP contribution in [0, 0.1) is 0 Å². The first kappa shape index (κ1) is 32.5. The molecular formula is C53H34N2S. The summed E-state index contributed by atoms with van der Waals surface area (Å²) < 4.78 is 2.61. The standard InChI is InChI=1S/C53H34N2S/c1-4-16-35(17-5-1)52-54-48(37-19-14-18-36(32-37)41-26-15-27-44-43-25-11-13-29-50(43)56-51(41)44)34-49(55-52)38-30-31-47-45(33-38)42-24-10-12-28-46(42)53(47,39-20-6-2-7-21-39)40-22-8-3-9-23-40/h1-34H. The number of benzene rings is 8. The molecule has 10 aromatic rings. The molecule has 11 rings (SSSR count). The number of rotatable bonds is 6. The van der Waals surface area contributed by atoms with Gasteiger partial charge in [-0.2, -0.15) is 0 Å². The van der Waals surface area contributed by atoms with Crippen LogP contribution in [0.3, 0.4) is 0 Å². The van der Waals surface area contributed by atoms with Gasteiger partial charge in [-0.15, -0.1) is 11.3 Å². The molecule has 0 bridgehead atoms. The lowest BCUT2D eigenvalue weighted by Gasteiger charge is -2.33. The van der Waals surface area contributed by atoms with E-state index in [1.54, 1.807) is 0 Å². The summed E-state index contributed by atoms with van der Waals surface area (Å²) in [4.78, 5) is 10.5. The van der Waals surface area contributed by atoms with E-state index in [2.05, 4.69) is 200 Å². The first-order chi connectivity index (χ1) is 27.8. The van der Waals surface area contributed by atoms with Crippen molar-refractivity contribution in [2.75, 3.05) is 0 Å². The van der Waals surface area contributed by atoms with Crippen LogP contribution in [0.5, 0.6) is 0 Å². The SMILES string of the molecule is c1ccc(-c2nc(-c3cccc(-c4cccc5c4sc4ccccc45)c3)cc(-c3ccc4c(c3)-c3ccccc3C4(c3ccccc3)c3ccccc3)n2)cc1. The minimum atomic E-state index is -0.448. The summed E-state index contributed by atoms with van der Waals surface area (Å²) in [5, 5.41) is 2.60. The molecule has 2 nitrogen and oxygen atoms in total. The van der Waals surface area contributed by atoms with Crippen molar-refractivity contribution in [2.45, 2.75) is 5.41 Å². The van der Waals surface area contributed by atoms with Crippen molar-refractivity contribution in [3.63, 3.8) is 0 Å². The molecule has 1 aliphatic carbocycles. The second-order valence-electron chi connectivity index (χ2n) is 14.5. The van der Waals surface area contributed by atoms with Crippen LogP contribution in [-0.4, -0.2) is 9.97 Å². The van der Waals surface area contributed by atoms with Crippen LogP contribution in [0.25, 0.3) is 76.3 Å². The van der Waals surface area contributed by atoms with Crippen molar-refractivity contribution in [2.24, 2.45) is 0 Å². The van der Waals surface area contributed by atoms with Crippen LogP contribution in [0.15, 0.2) is 206 Å². The maximum atomic E-state index is 5.27. The van der Waals surface area contributed by atoms with Crippen molar-refractivity contribution >= 4 is 31.5 Å². The summed E-state index contributed by atoms with van der Waals surface area (Å²) in [5.41, 5.74) is 14.4. The first-order valence-electron chi connectivity index (χ1n) is 19.1. The van der Waals surface area contributed by atoms with Gasteiger partial charge in [-0.25, -0.2) is 9.97 Å². The van der Waals surface area contributed by atoms with Crippen LogP contribution >= 0.6 is 11.3 Å². The molecule has 262 valence electrons. The molecule has 0 saturated carbocycles. The maximum Gasteiger partial charge on any atom is 0.160 e. The third kappa shape index (κ3) is 5.09. The summed E-state index contributed by atoms with van der Waals surface area (Å²) in [7, 11) is 0. The normalized spacial score (nSPS) is 12.8. The molecule has 3 heteroatoms. The van der Waals surface area contributed by atoms with Gasteiger partial charge in [0.1, 0.15) is 0 Å². The van der Waals surface area contributed by atoms with Crippen LogP contribution < -0.4 is 0 Å². The van der Waals surface area contributed by atoms with Crippen molar-refractivity contribution in [1.82, 2.24) is 9.97 Å². The Morgan fingerprint density at radius 3 is 1.68 bits per heavy atom. The van der Waals surface area contributed by atoms with E-state index in [9.17, 15) is 0 Å². The van der Waals surface area contributed by atoms with Crippen LogP contribution in [0.1, 0.15) is 22.3 Å². The molecule has 8 aromatic carbocycles.